The zero-order valence-corrected chi connectivity index (χ0v) is 13.3. The number of nitrogens with one attached hydrogen (secondary N) is 1. The van der Waals surface area contributed by atoms with Gasteiger partial charge in [0.15, 0.2) is 0 Å². The lowest BCUT2D eigenvalue weighted by molar-refractivity contribution is 0.260. The van der Waals surface area contributed by atoms with E-state index in [1.54, 1.807) is 0 Å². The van der Waals surface area contributed by atoms with Crippen LogP contribution in [-0.4, -0.2) is 11.9 Å². The highest BCUT2D eigenvalue weighted by Gasteiger charge is 2.23. The van der Waals surface area contributed by atoms with Crippen molar-refractivity contribution in [1.29, 1.82) is 0 Å². The van der Waals surface area contributed by atoms with Crippen LogP contribution in [-0.2, 0) is 6.54 Å². The van der Waals surface area contributed by atoms with Crippen molar-refractivity contribution in [3.63, 3.8) is 0 Å². The number of hydrogen-bond acceptors (Lipinski definition) is 1. The minimum Gasteiger partial charge on any atom is -0.309 e. The summed E-state index contributed by atoms with van der Waals surface area (Å²) in [5, 5.41) is 4.91. The van der Waals surface area contributed by atoms with Crippen LogP contribution >= 0.6 is 34.8 Å². The SMILES string of the molecule is CC(C)(C)C(CCCl)NCc1c(Cl)cccc1Cl. The zero-order chi connectivity index (χ0) is 13.8. The monoisotopic (exact) mass is 307 g/mol. The third kappa shape index (κ3) is 4.62. The van der Waals surface area contributed by atoms with Gasteiger partial charge >= 0.3 is 0 Å². The molecule has 0 aliphatic rings. The topological polar surface area (TPSA) is 12.0 Å². The fraction of sp³-hybridized carbons (Fsp3) is 0.571. The molecule has 1 nitrogen and oxygen atoms in total. The molecule has 0 aromatic heterocycles. The van der Waals surface area contributed by atoms with Gasteiger partial charge in [-0.2, -0.15) is 0 Å². The maximum Gasteiger partial charge on any atom is 0.0465 e. The number of halogens is 3. The van der Waals surface area contributed by atoms with E-state index in [1.807, 2.05) is 18.2 Å². The van der Waals surface area contributed by atoms with Gasteiger partial charge in [-0.1, -0.05) is 50.0 Å². The molecule has 0 aliphatic carbocycles. The molecule has 4 heteroatoms. The average Bonchev–Trinajstić information content (AvgIpc) is 2.25. The van der Waals surface area contributed by atoms with E-state index in [2.05, 4.69) is 26.1 Å². The summed E-state index contributed by atoms with van der Waals surface area (Å²) in [4.78, 5) is 0. The van der Waals surface area contributed by atoms with Gasteiger partial charge in [0.05, 0.1) is 0 Å². The fourth-order valence-corrected chi connectivity index (χ4v) is 2.63. The molecule has 0 radical (unpaired) electrons. The maximum absolute atomic E-state index is 6.15. The second kappa shape index (κ2) is 7.00. The van der Waals surface area contributed by atoms with E-state index in [-0.39, 0.29) is 5.41 Å². The van der Waals surface area contributed by atoms with E-state index in [9.17, 15) is 0 Å². The molecule has 1 N–H and O–H groups in total. The Morgan fingerprint density at radius 3 is 2.17 bits per heavy atom. The first-order valence-electron chi connectivity index (χ1n) is 6.08. The molecule has 0 bridgehead atoms. The van der Waals surface area contributed by atoms with E-state index in [1.165, 1.54) is 0 Å². The first-order chi connectivity index (χ1) is 8.36. The van der Waals surface area contributed by atoms with Gasteiger partial charge in [-0.05, 0) is 24.0 Å². The van der Waals surface area contributed by atoms with Crippen LogP contribution in [0.15, 0.2) is 18.2 Å². The molecule has 1 atom stereocenters. The highest BCUT2D eigenvalue weighted by atomic mass is 35.5. The highest BCUT2D eigenvalue weighted by Crippen LogP contribution is 2.26. The molecule has 0 amide bonds. The average molecular weight is 309 g/mol. The summed E-state index contributed by atoms with van der Waals surface area (Å²) in [6.07, 6.45) is 0.924. The molecule has 1 aromatic carbocycles. The molecule has 1 aromatic rings. The van der Waals surface area contributed by atoms with Crippen molar-refractivity contribution in [3.05, 3.63) is 33.8 Å². The molecule has 0 saturated heterocycles. The second-order valence-electron chi connectivity index (χ2n) is 5.48. The van der Waals surface area contributed by atoms with Gasteiger partial charge in [0.25, 0.3) is 0 Å². The highest BCUT2D eigenvalue weighted by molar-refractivity contribution is 6.35. The Kier molecular flexibility index (Phi) is 6.26. The zero-order valence-electron chi connectivity index (χ0n) is 11.1. The number of hydrogen-bond donors (Lipinski definition) is 1. The lowest BCUT2D eigenvalue weighted by Crippen LogP contribution is -2.40. The Morgan fingerprint density at radius 1 is 1.17 bits per heavy atom. The molecule has 1 rings (SSSR count). The fourth-order valence-electron chi connectivity index (χ4n) is 1.88. The summed E-state index contributed by atoms with van der Waals surface area (Å²) in [5.74, 6) is 0.644. The first-order valence-corrected chi connectivity index (χ1v) is 7.37. The van der Waals surface area contributed by atoms with Gasteiger partial charge in [-0.25, -0.2) is 0 Å². The predicted octanol–water partition coefficient (Wildman–Crippen LogP) is 5.13. The van der Waals surface area contributed by atoms with Gasteiger partial charge < -0.3 is 5.32 Å². The van der Waals surface area contributed by atoms with Crippen molar-refractivity contribution in [1.82, 2.24) is 5.32 Å². The molecular weight excluding hydrogens is 289 g/mol. The number of rotatable bonds is 5. The van der Waals surface area contributed by atoms with Crippen LogP contribution in [0.4, 0.5) is 0 Å². The molecule has 18 heavy (non-hydrogen) atoms. The lowest BCUT2D eigenvalue weighted by Gasteiger charge is -2.31. The Hall–Kier alpha value is 0.0500. The Labute approximate surface area is 125 Å². The van der Waals surface area contributed by atoms with Crippen LogP contribution < -0.4 is 5.32 Å². The second-order valence-corrected chi connectivity index (χ2v) is 6.67. The molecule has 0 heterocycles. The minimum atomic E-state index is 0.155. The summed E-state index contributed by atoms with van der Waals surface area (Å²) in [6.45, 7) is 7.26. The first kappa shape index (κ1) is 16.1. The smallest absolute Gasteiger partial charge is 0.0465 e. The lowest BCUT2D eigenvalue weighted by atomic mass is 9.85. The van der Waals surface area contributed by atoms with Crippen molar-refractivity contribution in [2.45, 2.75) is 39.8 Å². The third-order valence-corrected chi connectivity index (χ3v) is 3.96. The van der Waals surface area contributed by atoms with Gasteiger partial charge in [-0.3, -0.25) is 0 Å². The summed E-state index contributed by atoms with van der Waals surface area (Å²) in [5.41, 5.74) is 1.10. The molecule has 0 saturated carbocycles. The largest absolute Gasteiger partial charge is 0.309 e. The summed E-state index contributed by atoms with van der Waals surface area (Å²) < 4.78 is 0. The Bertz CT molecular complexity index is 365. The van der Waals surface area contributed by atoms with Crippen molar-refractivity contribution in [2.24, 2.45) is 5.41 Å². The number of alkyl halides is 1. The third-order valence-electron chi connectivity index (χ3n) is 3.03. The van der Waals surface area contributed by atoms with Crippen molar-refractivity contribution in [2.75, 3.05) is 5.88 Å². The standard InChI is InChI=1S/C14H20Cl3N/c1-14(2,3)13(7-8-15)18-9-10-11(16)5-4-6-12(10)17/h4-6,13,18H,7-9H2,1-3H3. The van der Waals surface area contributed by atoms with Gasteiger partial charge in [0, 0.05) is 34.1 Å². The summed E-state index contributed by atoms with van der Waals surface area (Å²) in [6, 6.07) is 5.91. The number of benzene rings is 1. The summed E-state index contributed by atoms with van der Waals surface area (Å²) >= 11 is 18.2. The van der Waals surface area contributed by atoms with Crippen LogP contribution in [0, 0.1) is 5.41 Å². The van der Waals surface area contributed by atoms with Crippen LogP contribution in [0.1, 0.15) is 32.8 Å². The van der Waals surface area contributed by atoms with E-state index in [4.69, 9.17) is 34.8 Å². The van der Waals surface area contributed by atoms with Crippen LogP contribution in [0.25, 0.3) is 0 Å². The van der Waals surface area contributed by atoms with Gasteiger partial charge in [0.1, 0.15) is 0 Å². The van der Waals surface area contributed by atoms with Crippen molar-refractivity contribution < 1.29 is 0 Å². The molecule has 0 fully saturated rings. The quantitative estimate of drug-likeness (QED) is 0.744. The van der Waals surface area contributed by atoms with E-state index in [0.717, 1.165) is 12.0 Å². The van der Waals surface area contributed by atoms with E-state index in [0.29, 0.717) is 28.5 Å². The normalized spacial score (nSPS) is 13.7. The van der Waals surface area contributed by atoms with Gasteiger partial charge in [-0.15, -0.1) is 11.6 Å². The van der Waals surface area contributed by atoms with E-state index < -0.39 is 0 Å². The Morgan fingerprint density at radius 2 is 1.72 bits per heavy atom. The molecule has 1 unspecified atom stereocenters. The van der Waals surface area contributed by atoms with Gasteiger partial charge in [0.2, 0.25) is 0 Å². The Balaban J connectivity index is 2.73. The minimum absolute atomic E-state index is 0.155. The van der Waals surface area contributed by atoms with Crippen LogP contribution in [0.5, 0.6) is 0 Å². The molecule has 0 aliphatic heterocycles. The van der Waals surface area contributed by atoms with Crippen molar-refractivity contribution in [3.8, 4) is 0 Å². The van der Waals surface area contributed by atoms with E-state index >= 15 is 0 Å². The molecule has 0 spiro atoms. The van der Waals surface area contributed by atoms with Crippen LogP contribution in [0.2, 0.25) is 10.0 Å². The predicted molar refractivity (Wildman–Crippen MR) is 81.9 cm³/mol. The van der Waals surface area contributed by atoms with Crippen molar-refractivity contribution >= 4 is 34.8 Å². The maximum atomic E-state index is 6.15. The molecule has 102 valence electrons. The summed E-state index contributed by atoms with van der Waals surface area (Å²) in [7, 11) is 0. The molecular formula is C14H20Cl3N. The van der Waals surface area contributed by atoms with Crippen LogP contribution in [0.3, 0.4) is 0 Å².